The molecule has 1 saturated heterocycles. The molecule has 0 saturated carbocycles. The summed E-state index contributed by atoms with van der Waals surface area (Å²) in [5, 5.41) is 6.93. The number of hydrogen-bond donors (Lipinski definition) is 2. The van der Waals surface area contributed by atoms with Gasteiger partial charge in [-0.25, -0.2) is 4.99 Å². The number of aliphatic imine (C=N–C) groups is 1. The summed E-state index contributed by atoms with van der Waals surface area (Å²) in [5.41, 5.74) is 2.37. The number of hydrogen-bond acceptors (Lipinski definition) is 3. The lowest BCUT2D eigenvalue weighted by molar-refractivity contribution is 0.410. The summed E-state index contributed by atoms with van der Waals surface area (Å²) in [7, 11) is 1.70. The Bertz CT molecular complexity index is 723. The number of nitrogens with zero attached hydrogens (tertiary/aromatic N) is 2. The number of halogens is 1. The summed E-state index contributed by atoms with van der Waals surface area (Å²) in [6.45, 7) is 5.57. The molecule has 0 aromatic heterocycles. The quantitative estimate of drug-likeness (QED) is 0.377. The Morgan fingerprint density at radius 3 is 2.63 bits per heavy atom. The highest BCUT2D eigenvalue weighted by Crippen LogP contribution is 2.20. The minimum atomic E-state index is 0. The monoisotopic (exact) mass is 480 g/mol. The molecule has 0 radical (unpaired) electrons. The van der Waals surface area contributed by atoms with Gasteiger partial charge in [0.25, 0.3) is 0 Å². The molecule has 1 heterocycles. The van der Waals surface area contributed by atoms with Crippen LogP contribution in [-0.4, -0.2) is 38.7 Å². The van der Waals surface area contributed by atoms with Crippen molar-refractivity contribution in [3.8, 4) is 5.75 Å². The fourth-order valence-corrected chi connectivity index (χ4v) is 3.26. The number of methoxy groups -OCH3 is 1. The summed E-state index contributed by atoms with van der Waals surface area (Å²) in [5.74, 6) is 1.74. The molecule has 146 valence electrons. The minimum absolute atomic E-state index is 0. The van der Waals surface area contributed by atoms with Gasteiger partial charge in [-0.05, 0) is 31.5 Å². The number of rotatable bonds is 6. The predicted molar refractivity (Wildman–Crippen MR) is 123 cm³/mol. The van der Waals surface area contributed by atoms with Gasteiger partial charge in [-0.2, -0.15) is 0 Å². The third kappa shape index (κ3) is 6.02. The number of benzene rings is 2. The SMILES string of the molecule is CCNC(=NCc1ccccc1OC)NC1CCN(c2ccccc2)C1.I. The van der Waals surface area contributed by atoms with Crippen molar-refractivity contribution in [1.29, 1.82) is 0 Å². The zero-order valence-corrected chi connectivity index (χ0v) is 18.4. The summed E-state index contributed by atoms with van der Waals surface area (Å²) in [6.07, 6.45) is 1.11. The van der Waals surface area contributed by atoms with Crippen LogP contribution in [0.5, 0.6) is 5.75 Å². The summed E-state index contributed by atoms with van der Waals surface area (Å²) < 4.78 is 5.42. The van der Waals surface area contributed by atoms with Crippen LogP contribution in [0, 0.1) is 0 Å². The maximum absolute atomic E-state index is 5.42. The van der Waals surface area contributed by atoms with Crippen molar-refractivity contribution in [1.82, 2.24) is 10.6 Å². The molecule has 1 aliphatic heterocycles. The molecule has 27 heavy (non-hydrogen) atoms. The van der Waals surface area contributed by atoms with E-state index < -0.39 is 0 Å². The van der Waals surface area contributed by atoms with E-state index in [0.29, 0.717) is 12.6 Å². The van der Waals surface area contributed by atoms with Crippen LogP contribution in [0.3, 0.4) is 0 Å². The first-order chi connectivity index (χ1) is 12.8. The van der Waals surface area contributed by atoms with E-state index in [0.717, 1.165) is 43.3 Å². The van der Waals surface area contributed by atoms with Gasteiger partial charge < -0.3 is 20.3 Å². The van der Waals surface area contributed by atoms with Crippen LogP contribution in [0.1, 0.15) is 18.9 Å². The van der Waals surface area contributed by atoms with Crippen molar-refractivity contribution in [2.45, 2.75) is 25.9 Å². The molecule has 1 fully saturated rings. The van der Waals surface area contributed by atoms with Gasteiger partial charge in [0.2, 0.25) is 0 Å². The van der Waals surface area contributed by atoms with E-state index >= 15 is 0 Å². The van der Waals surface area contributed by atoms with E-state index in [9.17, 15) is 0 Å². The van der Waals surface area contributed by atoms with Crippen LogP contribution in [0.2, 0.25) is 0 Å². The molecule has 5 nitrogen and oxygen atoms in total. The number of ether oxygens (including phenoxy) is 1. The molecule has 0 aliphatic carbocycles. The highest BCUT2D eigenvalue weighted by molar-refractivity contribution is 14.0. The molecule has 0 spiro atoms. The summed E-state index contributed by atoms with van der Waals surface area (Å²) >= 11 is 0. The highest BCUT2D eigenvalue weighted by atomic mass is 127. The molecular formula is C21H29IN4O. The van der Waals surface area contributed by atoms with Crippen LogP contribution < -0.4 is 20.3 Å². The first-order valence-electron chi connectivity index (χ1n) is 9.27. The van der Waals surface area contributed by atoms with Crippen LogP contribution in [0.4, 0.5) is 5.69 Å². The summed E-state index contributed by atoms with van der Waals surface area (Å²) in [4.78, 5) is 7.17. The van der Waals surface area contributed by atoms with Gasteiger partial charge in [0, 0.05) is 36.9 Å². The third-order valence-corrected chi connectivity index (χ3v) is 4.59. The van der Waals surface area contributed by atoms with Crippen molar-refractivity contribution in [3.05, 3.63) is 60.2 Å². The molecule has 2 aromatic rings. The standard InChI is InChI=1S/C21H28N4O.HI/c1-3-22-21(23-15-17-9-7-8-12-20(17)26-2)24-18-13-14-25(16-18)19-10-5-4-6-11-19;/h4-12,18H,3,13-16H2,1-2H3,(H2,22,23,24);1H. The Morgan fingerprint density at radius 2 is 1.89 bits per heavy atom. The fraction of sp³-hybridized carbons (Fsp3) is 0.381. The second kappa shape index (κ2) is 11.0. The van der Waals surface area contributed by atoms with E-state index in [1.165, 1.54) is 5.69 Å². The molecule has 6 heteroatoms. The lowest BCUT2D eigenvalue weighted by Gasteiger charge is -2.20. The molecule has 0 amide bonds. The maximum Gasteiger partial charge on any atom is 0.191 e. The summed E-state index contributed by atoms with van der Waals surface area (Å²) in [6, 6.07) is 19.0. The van der Waals surface area contributed by atoms with Crippen molar-refractivity contribution in [2.24, 2.45) is 4.99 Å². The average molecular weight is 480 g/mol. The van der Waals surface area contributed by atoms with Gasteiger partial charge in [-0.1, -0.05) is 36.4 Å². The molecule has 0 bridgehead atoms. The number of para-hydroxylation sites is 2. The topological polar surface area (TPSA) is 48.9 Å². The third-order valence-electron chi connectivity index (χ3n) is 4.59. The van der Waals surface area contributed by atoms with E-state index in [2.05, 4.69) is 58.9 Å². The van der Waals surface area contributed by atoms with Crippen LogP contribution >= 0.6 is 24.0 Å². The van der Waals surface area contributed by atoms with Gasteiger partial charge >= 0.3 is 0 Å². The van der Waals surface area contributed by atoms with E-state index in [1.54, 1.807) is 7.11 Å². The first-order valence-corrected chi connectivity index (χ1v) is 9.27. The van der Waals surface area contributed by atoms with Crippen LogP contribution in [0.15, 0.2) is 59.6 Å². The Balaban J connectivity index is 0.00000261. The molecule has 3 rings (SSSR count). The smallest absolute Gasteiger partial charge is 0.191 e. The Hall–Kier alpha value is -1.96. The van der Waals surface area contributed by atoms with Gasteiger partial charge in [-0.3, -0.25) is 0 Å². The number of guanidine groups is 1. The number of anilines is 1. The van der Waals surface area contributed by atoms with Crippen LogP contribution in [-0.2, 0) is 6.54 Å². The van der Waals surface area contributed by atoms with Crippen molar-refractivity contribution in [3.63, 3.8) is 0 Å². The van der Waals surface area contributed by atoms with Gasteiger partial charge in [0.15, 0.2) is 5.96 Å². The second-order valence-electron chi connectivity index (χ2n) is 6.42. The molecule has 2 aromatic carbocycles. The largest absolute Gasteiger partial charge is 0.496 e. The molecule has 1 unspecified atom stereocenters. The zero-order chi connectivity index (χ0) is 18.2. The van der Waals surface area contributed by atoms with E-state index in [-0.39, 0.29) is 24.0 Å². The lowest BCUT2D eigenvalue weighted by atomic mass is 10.2. The lowest BCUT2D eigenvalue weighted by Crippen LogP contribution is -2.44. The highest BCUT2D eigenvalue weighted by Gasteiger charge is 2.23. The Morgan fingerprint density at radius 1 is 1.15 bits per heavy atom. The molecule has 1 atom stereocenters. The van der Waals surface area contributed by atoms with Crippen molar-refractivity contribution >= 4 is 35.6 Å². The number of nitrogens with one attached hydrogen (secondary N) is 2. The maximum atomic E-state index is 5.42. The van der Waals surface area contributed by atoms with Gasteiger partial charge in [0.1, 0.15) is 5.75 Å². The van der Waals surface area contributed by atoms with Gasteiger partial charge in [0.05, 0.1) is 13.7 Å². The predicted octanol–water partition coefficient (Wildman–Crippen LogP) is 3.65. The average Bonchev–Trinajstić information content (AvgIpc) is 3.16. The van der Waals surface area contributed by atoms with E-state index in [4.69, 9.17) is 9.73 Å². The minimum Gasteiger partial charge on any atom is -0.496 e. The molecule has 2 N–H and O–H groups in total. The van der Waals surface area contributed by atoms with Crippen molar-refractivity contribution < 1.29 is 4.74 Å². The van der Waals surface area contributed by atoms with Crippen LogP contribution in [0.25, 0.3) is 0 Å². The second-order valence-corrected chi connectivity index (χ2v) is 6.42. The first kappa shape index (κ1) is 21.3. The Labute approximate surface area is 179 Å². The van der Waals surface area contributed by atoms with E-state index in [1.807, 2.05) is 18.2 Å². The fourth-order valence-electron chi connectivity index (χ4n) is 3.26. The molecular weight excluding hydrogens is 451 g/mol. The van der Waals surface area contributed by atoms with Crippen molar-refractivity contribution in [2.75, 3.05) is 31.6 Å². The van der Waals surface area contributed by atoms with Gasteiger partial charge in [-0.15, -0.1) is 24.0 Å². The Kier molecular flexibility index (Phi) is 8.71. The zero-order valence-electron chi connectivity index (χ0n) is 16.0. The molecule has 1 aliphatic rings. The normalized spacial score (nSPS) is 16.6.